The van der Waals surface area contributed by atoms with Gasteiger partial charge in [-0.25, -0.2) is 14.3 Å². The van der Waals surface area contributed by atoms with Crippen LogP contribution in [0.3, 0.4) is 0 Å². The van der Waals surface area contributed by atoms with Gasteiger partial charge in [-0.05, 0) is 49.4 Å². The molecule has 7 nitrogen and oxygen atoms in total. The molecule has 33 heavy (non-hydrogen) atoms. The molecule has 0 aliphatic rings. The molecule has 5 aromatic rings. The minimum Gasteiger partial charge on any atom is -0.497 e. The van der Waals surface area contributed by atoms with Gasteiger partial charge in [-0.1, -0.05) is 11.6 Å². The number of ether oxygens (including phenoxy) is 2. The fourth-order valence-corrected chi connectivity index (χ4v) is 4.78. The summed E-state index contributed by atoms with van der Waals surface area (Å²) in [7, 11) is 1.53. The molecule has 0 saturated heterocycles. The molecule has 0 amide bonds. The summed E-state index contributed by atoms with van der Waals surface area (Å²) in [5.74, 6) is 0.0864. The number of thiophene rings is 1. The lowest BCUT2D eigenvalue weighted by Gasteiger charge is -2.07. The highest BCUT2D eigenvalue weighted by molar-refractivity contribution is 7.20. The lowest BCUT2D eigenvalue weighted by atomic mass is 10.1. The minimum absolute atomic E-state index is 0.0657. The SMILES string of the molecule is COc1ccc2c(COC(=O)c3cc4c(C)nn(-c5ccc(Cl)cc5)c4s3)cc(=O)oc2c1. The molecule has 3 aromatic heterocycles. The van der Waals surface area contributed by atoms with Crippen molar-refractivity contribution < 1.29 is 18.7 Å². The average molecular weight is 481 g/mol. The minimum atomic E-state index is -0.526. The van der Waals surface area contributed by atoms with Crippen molar-refractivity contribution in [3.63, 3.8) is 0 Å². The van der Waals surface area contributed by atoms with E-state index in [0.717, 1.165) is 21.6 Å². The maximum Gasteiger partial charge on any atom is 0.348 e. The van der Waals surface area contributed by atoms with Gasteiger partial charge in [-0.2, -0.15) is 5.10 Å². The van der Waals surface area contributed by atoms with Crippen LogP contribution in [0.5, 0.6) is 5.75 Å². The van der Waals surface area contributed by atoms with Gasteiger partial charge in [0.05, 0.1) is 18.5 Å². The molecule has 0 aliphatic heterocycles. The normalized spacial score (nSPS) is 11.2. The van der Waals surface area contributed by atoms with E-state index in [0.29, 0.717) is 32.2 Å². The number of hydrogen-bond acceptors (Lipinski definition) is 7. The second-order valence-corrected chi connectivity index (χ2v) is 8.80. The molecule has 0 radical (unpaired) electrons. The van der Waals surface area contributed by atoms with E-state index in [-0.39, 0.29) is 6.61 Å². The summed E-state index contributed by atoms with van der Waals surface area (Å²) in [5.41, 5.74) is 2.05. The molecule has 3 heterocycles. The molecule has 0 saturated carbocycles. The van der Waals surface area contributed by atoms with E-state index in [9.17, 15) is 9.59 Å². The number of aryl methyl sites for hydroxylation is 1. The lowest BCUT2D eigenvalue weighted by Crippen LogP contribution is -2.07. The van der Waals surface area contributed by atoms with E-state index in [1.54, 1.807) is 41.1 Å². The van der Waals surface area contributed by atoms with Crippen molar-refractivity contribution in [2.24, 2.45) is 0 Å². The number of nitrogens with zero attached hydrogens (tertiary/aromatic N) is 2. The van der Waals surface area contributed by atoms with Crippen LogP contribution in [0.2, 0.25) is 5.02 Å². The van der Waals surface area contributed by atoms with Gasteiger partial charge < -0.3 is 13.9 Å². The molecule has 0 N–H and O–H groups in total. The van der Waals surface area contributed by atoms with Crippen molar-refractivity contribution >= 4 is 50.1 Å². The van der Waals surface area contributed by atoms with Gasteiger partial charge in [-0.3, -0.25) is 0 Å². The zero-order valence-corrected chi connectivity index (χ0v) is 19.2. The van der Waals surface area contributed by atoms with Crippen LogP contribution < -0.4 is 10.4 Å². The highest BCUT2D eigenvalue weighted by Gasteiger charge is 2.19. The van der Waals surface area contributed by atoms with Gasteiger partial charge in [0.25, 0.3) is 0 Å². The van der Waals surface area contributed by atoms with Gasteiger partial charge in [0.2, 0.25) is 0 Å². The third-order valence-corrected chi connectivity index (χ3v) is 6.56. The predicted molar refractivity (Wildman–Crippen MR) is 127 cm³/mol. The zero-order valence-electron chi connectivity index (χ0n) is 17.6. The Morgan fingerprint density at radius 3 is 2.67 bits per heavy atom. The standard InChI is InChI=1S/C24H17ClN2O5S/c1-13-19-11-21(33-23(19)27(26-13)16-5-3-15(25)4-6-16)24(29)31-12-14-9-22(28)32-20-10-17(30-2)7-8-18(14)20/h3-11H,12H2,1-2H3. The summed E-state index contributed by atoms with van der Waals surface area (Å²) >= 11 is 7.29. The first-order chi connectivity index (χ1) is 15.9. The lowest BCUT2D eigenvalue weighted by molar-refractivity contribution is 0.0479. The number of rotatable bonds is 5. The molecular weight excluding hydrogens is 464 g/mol. The van der Waals surface area contributed by atoms with Crippen LogP contribution in [0.4, 0.5) is 0 Å². The van der Waals surface area contributed by atoms with Gasteiger partial charge in [-0.15, -0.1) is 11.3 Å². The number of carbonyl (C=O) groups excluding carboxylic acids is 1. The van der Waals surface area contributed by atoms with Crippen molar-refractivity contribution in [3.8, 4) is 11.4 Å². The second-order valence-electron chi connectivity index (χ2n) is 7.33. The van der Waals surface area contributed by atoms with Crippen LogP contribution in [0.15, 0.2) is 63.8 Å². The summed E-state index contributed by atoms with van der Waals surface area (Å²) in [5, 5.41) is 6.76. The third kappa shape index (κ3) is 3.99. The number of esters is 1. The third-order valence-electron chi connectivity index (χ3n) is 5.21. The van der Waals surface area contributed by atoms with E-state index in [1.807, 2.05) is 19.1 Å². The molecule has 9 heteroatoms. The topological polar surface area (TPSA) is 83.6 Å². The number of aromatic nitrogens is 2. The number of halogens is 1. The average Bonchev–Trinajstić information content (AvgIpc) is 3.38. The van der Waals surface area contributed by atoms with E-state index >= 15 is 0 Å². The fraction of sp³-hybridized carbons (Fsp3) is 0.125. The summed E-state index contributed by atoms with van der Waals surface area (Å²) in [6.07, 6.45) is 0. The molecule has 5 rings (SSSR count). The molecule has 0 atom stereocenters. The maximum absolute atomic E-state index is 12.8. The molecular formula is C24H17ClN2O5S. The van der Waals surface area contributed by atoms with Crippen molar-refractivity contribution in [2.75, 3.05) is 7.11 Å². The Hall–Kier alpha value is -3.62. The molecule has 166 valence electrons. The Balaban J connectivity index is 1.43. The summed E-state index contributed by atoms with van der Waals surface area (Å²) in [4.78, 5) is 26.1. The van der Waals surface area contributed by atoms with Gasteiger partial charge in [0.1, 0.15) is 27.6 Å². The number of hydrogen-bond donors (Lipinski definition) is 0. The molecule has 0 bridgehead atoms. The molecule has 0 unspecified atom stereocenters. The Labute approximate surface area is 196 Å². The fourth-order valence-electron chi connectivity index (χ4n) is 3.58. The smallest absolute Gasteiger partial charge is 0.348 e. The van der Waals surface area contributed by atoms with Gasteiger partial charge >= 0.3 is 11.6 Å². The number of carbonyl (C=O) groups is 1. The number of methoxy groups -OCH3 is 1. The summed E-state index contributed by atoms with van der Waals surface area (Å²) < 4.78 is 17.8. The first kappa shape index (κ1) is 21.2. The predicted octanol–water partition coefficient (Wildman–Crippen LogP) is 5.52. The van der Waals surface area contributed by atoms with E-state index in [2.05, 4.69) is 5.10 Å². The molecule has 2 aromatic carbocycles. The monoisotopic (exact) mass is 480 g/mol. The van der Waals surface area contributed by atoms with Crippen LogP contribution in [0, 0.1) is 6.92 Å². The van der Waals surface area contributed by atoms with Gasteiger partial charge in [0, 0.05) is 33.5 Å². The van der Waals surface area contributed by atoms with Crippen LogP contribution in [-0.2, 0) is 11.3 Å². The Morgan fingerprint density at radius 1 is 1.12 bits per heavy atom. The van der Waals surface area contributed by atoms with E-state index < -0.39 is 11.6 Å². The van der Waals surface area contributed by atoms with Crippen molar-refractivity contribution in [3.05, 3.63) is 86.2 Å². The van der Waals surface area contributed by atoms with E-state index in [4.69, 9.17) is 25.5 Å². The summed E-state index contributed by atoms with van der Waals surface area (Å²) in [6, 6.07) is 15.6. The van der Waals surface area contributed by atoms with Crippen molar-refractivity contribution in [1.82, 2.24) is 9.78 Å². The highest BCUT2D eigenvalue weighted by atomic mass is 35.5. The quantitative estimate of drug-likeness (QED) is 0.243. The maximum atomic E-state index is 12.8. The largest absolute Gasteiger partial charge is 0.497 e. The first-order valence-electron chi connectivity index (χ1n) is 9.96. The number of fused-ring (bicyclic) bond motifs is 2. The van der Waals surface area contributed by atoms with E-state index in [1.165, 1.54) is 24.5 Å². The number of benzene rings is 2. The van der Waals surface area contributed by atoms with Crippen LogP contribution >= 0.6 is 22.9 Å². The first-order valence-corrected chi connectivity index (χ1v) is 11.2. The van der Waals surface area contributed by atoms with Crippen molar-refractivity contribution in [1.29, 1.82) is 0 Å². The highest BCUT2D eigenvalue weighted by Crippen LogP contribution is 2.31. The van der Waals surface area contributed by atoms with Crippen LogP contribution in [0.1, 0.15) is 20.9 Å². The Kier molecular flexibility index (Phi) is 5.39. The second kappa shape index (κ2) is 8.38. The summed E-state index contributed by atoms with van der Waals surface area (Å²) in [6.45, 7) is 1.82. The molecule has 0 aliphatic carbocycles. The van der Waals surface area contributed by atoms with Gasteiger partial charge in [0.15, 0.2) is 0 Å². The van der Waals surface area contributed by atoms with Crippen LogP contribution in [-0.4, -0.2) is 22.9 Å². The Bertz CT molecular complexity index is 1570. The zero-order chi connectivity index (χ0) is 23.1. The van der Waals surface area contributed by atoms with Crippen molar-refractivity contribution in [2.45, 2.75) is 13.5 Å². The molecule has 0 fully saturated rings. The Morgan fingerprint density at radius 2 is 1.91 bits per heavy atom. The van der Waals surface area contributed by atoms with Crippen LogP contribution in [0.25, 0.3) is 26.9 Å². The molecule has 0 spiro atoms.